The van der Waals surface area contributed by atoms with Crippen LogP contribution in [0.4, 0.5) is 4.39 Å². The van der Waals surface area contributed by atoms with Gasteiger partial charge in [0.2, 0.25) is 0 Å². The molecule has 0 spiro atoms. The van der Waals surface area contributed by atoms with Gasteiger partial charge in [-0.25, -0.2) is 4.39 Å². The van der Waals surface area contributed by atoms with Crippen LogP contribution in [0.1, 0.15) is 18.4 Å². The quantitative estimate of drug-likeness (QED) is 0.781. The molecule has 1 aliphatic carbocycles. The first kappa shape index (κ1) is 12.6. The Morgan fingerprint density at radius 2 is 2.29 bits per heavy atom. The van der Waals surface area contributed by atoms with E-state index in [1.54, 1.807) is 12.1 Å². The lowest BCUT2D eigenvalue weighted by Gasteiger charge is -2.10. The van der Waals surface area contributed by atoms with Crippen LogP contribution in [0.3, 0.4) is 0 Å². The summed E-state index contributed by atoms with van der Waals surface area (Å²) in [5, 5.41) is 0. The summed E-state index contributed by atoms with van der Waals surface area (Å²) in [5.41, 5.74) is 0.514. The maximum atomic E-state index is 13.6. The third-order valence-electron chi connectivity index (χ3n) is 2.94. The van der Waals surface area contributed by atoms with E-state index in [9.17, 15) is 9.18 Å². The van der Waals surface area contributed by atoms with Crippen molar-refractivity contribution in [1.29, 1.82) is 0 Å². The maximum Gasteiger partial charge on any atom is 0.149 e. The standard InChI is InChI=1S/C13H14BrFO2/c1-17-10-4-5-12(15)9(6-10)7-11(14)13(16)8-2-3-8/h4-6,8,11H,2-3,7H2,1H3. The number of carbonyl (C=O) groups is 1. The van der Waals surface area contributed by atoms with E-state index in [-0.39, 0.29) is 22.3 Å². The Kier molecular flexibility index (Phi) is 3.82. The molecule has 0 radical (unpaired) electrons. The van der Waals surface area contributed by atoms with Crippen LogP contribution in [0.25, 0.3) is 0 Å². The summed E-state index contributed by atoms with van der Waals surface area (Å²) >= 11 is 3.34. The number of Topliss-reactive ketones (excluding diaryl/α,β-unsaturated/α-hetero) is 1. The monoisotopic (exact) mass is 300 g/mol. The Bertz CT molecular complexity index is 429. The van der Waals surface area contributed by atoms with Crippen molar-refractivity contribution in [1.82, 2.24) is 0 Å². The third-order valence-corrected chi connectivity index (χ3v) is 3.72. The van der Waals surface area contributed by atoms with Gasteiger partial charge in [-0.05, 0) is 43.0 Å². The van der Waals surface area contributed by atoms with Gasteiger partial charge in [0, 0.05) is 5.92 Å². The number of hydrogen-bond donors (Lipinski definition) is 0. The number of carbonyl (C=O) groups excluding carboxylic acids is 1. The molecule has 2 rings (SSSR count). The first-order chi connectivity index (χ1) is 8.11. The summed E-state index contributed by atoms with van der Waals surface area (Å²) in [5.74, 6) is 0.694. The molecule has 1 aromatic carbocycles. The Hall–Kier alpha value is -0.900. The van der Waals surface area contributed by atoms with Gasteiger partial charge in [0.25, 0.3) is 0 Å². The van der Waals surface area contributed by atoms with E-state index in [1.807, 2.05) is 0 Å². The van der Waals surface area contributed by atoms with Gasteiger partial charge < -0.3 is 4.74 Å². The smallest absolute Gasteiger partial charge is 0.149 e. The van der Waals surface area contributed by atoms with Gasteiger partial charge in [-0.15, -0.1) is 0 Å². The van der Waals surface area contributed by atoms with Gasteiger partial charge in [0.05, 0.1) is 11.9 Å². The predicted molar refractivity (Wildman–Crippen MR) is 67.1 cm³/mol. The van der Waals surface area contributed by atoms with Gasteiger partial charge in [0.1, 0.15) is 17.3 Å². The molecule has 1 atom stereocenters. The Morgan fingerprint density at radius 3 is 2.88 bits per heavy atom. The minimum atomic E-state index is -0.295. The molecule has 1 saturated carbocycles. The van der Waals surface area contributed by atoms with Crippen LogP contribution < -0.4 is 4.74 Å². The summed E-state index contributed by atoms with van der Waals surface area (Å²) in [6.07, 6.45) is 2.32. The highest BCUT2D eigenvalue weighted by atomic mass is 79.9. The fourth-order valence-electron chi connectivity index (χ4n) is 1.75. The molecule has 0 aliphatic heterocycles. The van der Waals surface area contributed by atoms with Gasteiger partial charge in [-0.1, -0.05) is 15.9 Å². The van der Waals surface area contributed by atoms with E-state index in [0.717, 1.165) is 12.8 Å². The molecular formula is C13H14BrFO2. The lowest BCUT2D eigenvalue weighted by molar-refractivity contribution is -0.119. The molecule has 4 heteroatoms. The maximum absolute atomic E-state index is 13.6. The molecule has 0 amide bonds. The minimum absolute atomic E-state index is 0.187. The van der Waals surface area contributed by atoms with Gasteiger partial charge >= 0.3 is 0 Å². The third kappa shape index (κ3) is 3.06. The number of hydrogen-bond acceptors (Lipinski definition) is 2. The van der Waals surface area contributed by atoms with Crippen molar-refractivity contribution in [3.8, 4) is 5.75 Å². The zero-order valence-corrected chi connectivity index (χ0v) is 11.2. The Balaban J connectivity index is 2.08. The summed E-state index contributed by atoms with van der Waals surface area (Å²) in [4.78, 5) is 11.5. The van der Waals surface area contributed by atoms with Crippen LogP contribution >= 0.6 is 15.9 Å². The van der Waals surface area contributed by atoms with Crippen LogP contribution in [0.2, 0.25) is 0 Å². The molecule has 92 valence electrons. The molecule has 1 aliphatic rings. The Labute approximate surface area is 108 Å². The van der Waals surface area contributed by atoms with E-state index < -0.39 is 0 Å². The topological polar surface area (TPSA) is 26.3 Å². The highest BCUT2D eigenvalue weighted by Crippen LogP contribution is 2.33. The van der Waals surface area contributed by atoms with Gasteiger partial charge in [-0.2, -0.15) is 0 Å². The molecule has 0 saturated heterocycles. The summed E-state index contributed by atoms with van der Waals surface area (Å²) in [6, 6.07) is 4.59. The number of rotatable bonds is 5. The molecule has 1 fully saturated rings. The van der Waals surface area contributed by atoms with Crippen LogP contribution in [0.15, 0.2) is 18.2 Å². The minimum Gasteiger partial charge on any atom is -0.497 e. The molecule has 0 heterocycles. The second-order valence-corrected chi connectivity index (χ2v) is 5.41. The molecule has 17 heavy (non-hydrogen) atoms. The number of methoxy groups -OCH3 is 1. The molecule has 1 unspecified atom stereocenters. The van der Waals surface area contributed by atoms with E-state index in [4.69, 9.17) is 4.74 Å². The second kappa shape index (κ2) is 5.17. The lowest BCUT2D eigenvalue weighted by atomic mass is 10.0. The van der Waals surface area contributed by atoms with Crippen molar-refractivity contribution in [3.05, 3.63) is 29.6 Å². The zero-order valence-electron chi connectivity index (χ0n) is 9.58. The molecule has 0 bridgehead atoms. The summed E-state index contributed by atoms with van der Waals surface area (Å²) in [7, 11) is 1.54. The normalized spacial score (nSPS) is 16.6. The molecule has 0 aromatic heterocycles. The molecule has 2 nitrogen and oxygen atoms in total. The summed E-state index contributed by atoms with van der Waals surface area (Å²) in [6.45, 7) is 0. The van der Waals surface area contributed by atoms with Gasteiger partial charge in [-0.3, -0.25) is 4.79 Å². The van der Waals surface area contributed by atoms with E-state index in [2.05, 4.69) is 15.9 Å². The molecule has 0 N–H and O–H groups in total. The summed E-state index contributed by atoms with van der Waals surface area (Å²) < 4.78 is 18.6. The lowest BCUT2D eigenvalue weighted by Crippen LogP contribution is -2.19. The van der Waals surface area contributed by atoms with Crippen molar-refractivity contribution in [2.45, 2.75) is 24.1 Å². The fraction of sp³-hybridized carbons (Fsp3) is 0.462. The van der Waals surface area contributed by atoms with Crippen LogP contribution in [-0.2, 0) is 11.2 Å². The highest BCUT2D eigenvalue weighted by molar-refractivity contribution is 9.10. The first-order valence-electron chi connectivity index (χ1n) is 5.62. The van der Waals surface area contributed by atoms with Gasteiger partial charge in [0.15, 0.2) is 0 Å². The fourth-order valence-corrected chi connectivity index (χ4v) is 2.47. The SMILES string of the molecule is COc1ccc(F)c(CC(Br)C(=O)C2CC2)c1. The number of halogens is 2. The van der Waals surface area contributed by atoms with Crippen LogP contribution in [-0.4, -0.2) is 17.7 Å². The number of alkyl halides is 1. The zero-order chi connectivity index (χ0) is 12.4. The first-order valence-corrected chi connectivity index (χ1v) is 6.53. The van der Waals surface area contributed by atoms with E-state index >= 15 is 0 Å². The average molecular weight is 301 g/mol. The van der Waals surface area contributed by atoms with Crippen molar-refractivity contribution < 1.29 is 13.9 Å². The van der Waals surface area contributed by atoms with Crippen molar-refractivity contribution in [2.24, 2.45) is 5.92 Å². The number of ether oxygens (including phenoxy) is 1. The Morgan fingerprint density at radius 1 is 1.59 bits per heavy atom. The van der Waals surface area contributed by atoms with Crippen LogP contribution in [0.5, 0.6) is 5.75 Å². The number of ketones is 1. The highest BCUT2D eigenvalue weighted by Gasteiger charge is 2.33. The van der Waals surface area contributed by atoms with Crippen molar-refractivity contribution in [3.63, 3.8) is 0 Å². The van der Waals surface area contributed by atoms with E-state index in [0.29, 0.717) is 17.7 Å². The largest absolute Gasteiger partial charge is 0.497 e. The number of benzene rings is 1. The van der Waals surface area contributed by atoms with Crippen molar-refractivity contribution in [2.75, 3.05) is 7.11 Å². The van der Waals surface area contributed by atoms with Crippen LogP contribution in [0, 0.1) is 11.7 Å². The second-order valence-electron chi connectivity index (χ2n) is 4.31. The predicted octanol–water partition coefficient (Wildman–Crippen LogP) is 3.12. The van der Waals surface area contributed by atoms with E-state index in [1.165, 1.54) is 13.2 Å². The molecular weight excluding hydrogens is 287 g/mol. The average Bonchev–Trinajstić information content (AvgIpc) is 3.15. The molecule has 1 aromatic rings. The van der Waals surface area contributed by atoms with Crippen molar-refractivity contribution >= 4 is 21.7 Å².